The van der Waals surface area contributed by atoms with Gasteiger partial charge >= 0.3 is 0 Å². The number of rotatable bonds is 3. The summed E-state index contributed by atoms with van der Waals surface area (Å²) in [5.41, 5.74) is 6.76. The van der Waals surface area contributed by atoms with Crippen LogP contribution in [0.15, 0.2) is 182 Å². The van der Waals surface area contributed by atoms with E-state index in [1.54, 1.807) is 0 Å². The third kappa shape index (κ3) is 3.95. The molecule has 2 nitrogen and oxygen atoms in total. The molecule has 0 unspecified atom stereocenters. The maximum Gasteiger partial charge on any atom is 0.146 e. The molecule has 0 atom stereocenters. The minimum Gasteiger partial charge on any atom is -0.292 e. The number of para-hydroxylation sites is 3. The molecule has 0 amide bonds. The van der Waals surface area contributed by atoms with Gasteiger partial charge in [-0.1, -0.05) is 146 Å². The molecule has 2 heteroatoms. The zero-order chi connectivity index (χ0) is 34.6. The van der Waals surface area contributed by atoms with Crippen molar-refractivity contribution in [3.63, 3.8) is 0 Å². The van der Waals surface area contributed by atoms with Crippen LogP contribution in [0.25, 0.3) is 115 Å². The first-order valence-electron chi connectivity index (χ1n) is 18.3. The van der Waals surface area contributed by atoms with E-state index in [-0.39, 0.29) is 0 Å². The first-order valence-corrected chi connectivity index (χ1v) is 18.3. The minimum absolute atomic E-state index is 0.943. The van der Waals surface area contributed by atoms with Gasteiger partial charge in [0.15, 0.2) is 0 Å². The molecule has 0 aliphatic carbocycles. The summed E-state index contributed by atoms with van der Waals surface area (Å²) in [6, 6.07) is 66.8. The van der Waals surface area contributed by atoms with Gasteiger partial charge in [-0.15, -0.1) is 0 Å². The van der Waals surface area contributed by atoms with E-state index >= 15 is 0 Å². The highest BCUT2D eigenvalue weighted by Crippen LogP contribution is 2.47. The summed E-state index contributed by atoms with van der Waals surface area (Å²) >= 11 is 0. The molecule has 0 saturated carbocycles. The Balaban J connectivity index is 1.21. The van der Waals surface area contributed by atoms with Crippen molar-refractivity contribution in [2.24, 2.45) is 0 Å². The quantitative estimate of drug-likeness (QED) is 0.171. The molecule has 0 fully saturated rings. The minimum atomic E-state index is 0.943. The average molecular weight is 671 g/mol. The molecule has 0 saturated heterocycles. The molecular weight excluding hydrogens is 641 g/mol. The number of imidazole rings is 1. The Labute approximate surface area is 305 Å². The van der Waals surface area contributed by atoms with Gasteiger partial charge in [0.2, 0.25) is 0 Å². The Bertz CT molecular complexity index is 3440. The lowest BCUT2D eigenvalue weighted by atomic mass is 9.84. The first kappa shape index (κ1) is 28.6. The highest BCUT2D eigenvalue weighted by molar-refractivity contribution is 6.38. The summed E-state index contributed by atoms with van der Waals surface area (Å²) in [7, 11) is 0. The Morgan fingerprint density at radius 1 is 0.321 bits per heavy atom. The van der Waals surface area contributed by atoms with Crippen molar-refractivity contribution in [1.82, 2.24) is 9.55 Å². The van der Waals surface area contributed by atoms with E-state index < -0.39 is 0 Å². The van der Waals surface area contributed by atoms with Crippen molar-refractivity contribution >= 4 is 86.4 Å². The lowest BCUT2D eigenvalue weighted by Gasteiger charge is -2.19. The number of fused-ring (bicyclic) bond motifs is 4. The summed E-state index contributed by atoms with van der Waals surface area (Å²) < 4.78 is 2.30. The van der Waals surface area contributed by atoms with E-state index in [1.807, 2.05) is 0 Å². The molecule has 12 rings (SSSR count). The van der Waals surface area contributed by atoms with Gasteiger partial charge in [0.1, 0.15) is 5.82 Å². The van der Waals surface area contributed by atoms with Crippen molar-refractivity contribution in [1.29, 1.82) is 0 Å². The van der Waals surface area contributed by atoms with Gasteiger partial charge in [-0.3, -0.25) is 4.57 Å². The van der Waals surface area contributed by atoms with Crippen LogP contribution in [0.2, 0.25) is 0 Å². The van der Waals surface area contributed by atoms with Crippen LogP contribution in [-0.4, -0.2) is 9.55 Å². The molecule has 0 aliphatic heterocycles. The van der Waals surface area contributed by atoms with Crippen molar-refractivity contribution in [2.45, 2.75) is 0 Å². The molecule has 0 spiro atoms. The van der Waals surface area contributed by atoms with Crippen LogP contribution in [0.1, 0.15) is 0 Å². The summed E-state index contributed by atoms with van der Waals surface area (Å²) in [4.78, 5) is 5.27. The Morgan fingerprint density at radius 3 is 1.55 bits per heavy atom. The van der Waals surface area contributed by atoms with E-state index in [0.717, 1.165) is 28.1 Å². The van der Waals surface area contributed by atoms with Crippen molar-refractivity contribution < 1.29 is 0 Å². The molecule has 12 aromatic rings. The summed E-state index contributed by atoms with van der Waals surface area (Å²) in [6.07, 6.45) is 0. The number of aromatic nitrogens is 2. The number of nitrogens with zero attached hydrogens (tertiary/aromatic N) is 2. The van der Waals surface area contributed by atoms with Crippen molar-refractivity contribution in [3.05, 3.63) is 182 Å². The van der Waals surface area contributed by atoms with Gasteiger partial charge in [0.25, 0.3) is 0 Å². The maximum absolute atomic E-state index is 5.27. The van der Waals surface area contributed by atoms with E-state index in [1.165, 1.54) is 86.5 Å². The topological polar surface area (TPSA) is 17.8 Å². The fourth-order valence-electron chi connectivity index (χ4n) is 9.30. The molecule has 0 aliphatic rings. The van der Waals surface area contributed by atoms with Gasteiger partial charge in [-0.25, -0.2) is 4.98 Å². The van der Waals surface area contributed by atoms with Gasteiger partial charge in [0.05, 0.1) is 11.0 Å². The van der Waals surface area contributed by atoms with Crippen LogP contribution in [-0.2, 0) is 0 Å². The molecular formula is C51H30N2. The summed E-state index contributed by atoms with van der Waals surface area (Å²) in [5.74, 6) is 0.943. The largest absolute Gasteiger partial charge is 0.292 e. The number of hydrogen-bond acceptors (Lipinski definition) is 1. The summed E-state index contributed by atoms with van der Waals surface area (Å²) in [6.45, 7) is 0. The third-order valence-corrected chi connectivity index (χ3v) is 11.5. The van der Waals surface area contributed by atoms with E-state index in [9.17, 15) is 0 Å². The standard InChI is InChI=1S/C51H30N2/c1-2-15-34(16-3-1)53-46-25-7-6-24-45(46)52-51(53)43-29-28-37(35-17-4-5-18-36(35)43)44-30-33-14-10-21-39-38-19-8-12-31-26-27-32-13-9-20-40(48(32)47(31)38)41-22-11-23-42(44)50(41)49(33)39/h1-30H. The smallest absolute Gasteiger partial charge is 0.146 e. The highest BCUT2D eigenvalue weighted by Gasteiger charge is 2.21. The lowest BCUT2D eigenvalue weighted by Crippen LogP contribution is -1.98. The second-order valence-electron chi connectivity index (χ2n) is 14.2. The zero-order valence-electron chi connectivity index (χ0n) is 28.7. The molecule has 53 heavy (non-hydrogen) atoms. The van der Waals surface area contributed by atoms with Crippen LogP contribution >= 0.6 is 0 Å². The summed E-state index contributed by atoms with van der Waals surface area (Å²) in [5, 5.41) is 17.9. The molecule has 0 bridgehead atoms. The lowest BCUT2D eigenvalue weighted by molar-refractivity contribution is 1.11. The van der Waals surface area contributed by atoms with Crippen LogP contribution in [0.4, 0.5) is 0 Å². The van der Waals surface area contributed by atoms with Gasteiger partial charge in [0, 0.05) is 11.3 Å². The van der Waals surface area contributed by atoms with Crippen LogP contribution in [0.3, 0.4) is 0 Å². The average Bonchev–Trinajstić information content (AvgIpc) is 3.61. The van der Waals surface area contributed by atoms with Crippen LogP contribution in [0.5, 0.6) is 0 Å². The van der Waals surface area contributed by atoms with E-state index in [2.05, 4.69) is 187 Å². The van der Waals surface area contributed by atoms with E-state index in [4.69, 9.17) is 4.98 Å². The van der Waals surface area contributed by atoms with Gasteiger partial charge in [-0.05, 0) is 123 Å². The zero-order valence-corrected chi connectivity index (χ0v) is 28.7. The fraction of sp³-hybridized carbons (Fsp3) is 0. The fourth-order valence-corrected chi connectivity index (χ4v) is 9.30. The first-order chi connectivity index (χ1) is 26.3. The number of benzene rings is 10. The molecule has 0 N–H and O–H groups in total. The van der Waals surface area contributed by atoms with E-state index in [0.29, 0.717) is 0 Å². The van der Waals surface area contributed by atoms with Crippen molar-refractivity contribution in [2.75, 3.05) is 0 Å². The molecule has 1 heterocycles. The van der Waals surface area contributed by atoms with Gasteiger partial charge in [-0.2, -0.15) is 0 Å². The molecule has 0 radical (unpaired) electrons. The normalized spacial score (nSPS) is 12.2. The van der Waals surface area contributed by atoms with Crippen LogP contribution in [0, 0.1) is 0 Å². The predicted octanol–water partition coefficient (Wildman–Crippen LogP) is 13.9. The molecule has 1 aromatic heterocycles. The second kappa shape index (κ2) is 10.7. The second-order valence-corrected chi connectivity index (χ2v) is 14.2. The maximum atomic E-state index is 5.27. The molecule has 11 aromatic carbocycles. The van der Waals surface area contributed by atoms with Crippen molar-refractivity contribution in [3.8, 4) is 28.2 Å². The van der Waals surface area contributed by atoms with Crippen LogP contribution < -0.4 is 0 Å². The monoisotopic (exact) mass is 670 g/mol. The van der Waals surface area contributed by atoms with Gasteiger partial charge < -0.3 is 0 Å². The molecule has 244 valence electrons. The Hall–Kier alpha value is -7.03. The Morgan fingerprint density at radius 2 is 0.830 bits per heavy atom. The number of hydrogen-bond donors (Lipinski definition) is 0. The third-order valence-electron chi connectivity index (χ3n) is 11.5. The predicted molar refractivity (Wildman–Crippen MR) is 226 cm³/mol. The highest BCUT2D eigenvalue weighted by atomic mass is 15.1. The Kier molecular flexibility index (Phi) is 5.80. The SMILES string of the molecule is c1ccc(-n2c(-c3ccc(-c4cc5cccc6c7cccc8ccc9cccc(c%10cccc4c%10c56)c9c87)c4ccccc34)nc3ccccc32)cc1.